The molecule has 3 N–H and O–H groups in total. The third-order valence-electron chi connectivity index (χ3n) is 9.50. The van der Waals surface area contributed by atoms with Crippen molar-refractivity contribution in [1.82, 2.24) is 20.4 Å². The fourth-order valence-electron chi connectivity index (χ4n) is 6.62. The van der Waals surface area contributed by atoms with Crippen LogP contribution in [0.4, 0.5) is 0 Å². The Kier molecular flexibility index (Phi) is 12.7. The van der Waals surface area contributed by atoms with E-state index < -0.39 is 18.0 Å². The van der Waals surface area contributed by atoms with Gasteiger partial charge in [0.05, 0.1) is 12.2 Å². The molecule has 4 amide bonds. The van der Waals surface area contributed by atoms with E-state index in [-0.39, 0.29) is 42.7 Å². The first-order chi connectivity index (χ1) is 23.8. The number of phenolic OH excluding ortho intramolecular Hbond substituents is 1. The van der Waals surface area contributed by atoms with Gasteiger partial charge in [-0.2, -0.15) is 0 Å². The first-order valence-electron chi connectivity index (χ1n) is 17.5. The lowest BCUT2D eigenvalue weighted by molar-refractivity contribution is -0.136. The van der Waals surface area contributed by atoms with Crippen LogP contribution in [0.2, 0.25) is 0 Å². The molecule has 3 aromatic rings. The van der Waals surface area contributed by atoms with E-state index in [0.717, 1.165) is 44.1 Å². The predicted molar refractivity (Wildman–Crippen MR) is 187 cm³/mol. The Morgan fingerprint density at radius 1 is 0.816 bits per heavy atom. The average molecular weight is 669 g/mol. The highest BCUT2D eigenvalue weighted by Crippen LogP contribution is 2.28. The summed E-state index contributed by atoms with van der Waals surface area (Å²) in [5, 5.41) is 15.6. The van der Waals surface area contributed by atoms with Crippen LogP contribution in [0, 0.1) is 0 Å². The van der Waals surface area contributed by atoms with Gasteiger partial charge in [0.2, 0.25) is 17.7 Å². The standard InChI is InChI=1S/C39H48N4O6/c1-42-23-9-2-3-10-26-49-35-14-8-7-13-32(35)37(46)41-33(39(48)43-24-21-30(22-25-43)29-11-5-4-6-12-29)19-20-36(45)40-34(38(42)47)27-28-15-17-31(44)18-16-28/h4-8,11-18,30,33-34,44H,2-3,9-10,19-27H2,1H3,(H,40,45)(H,41,46)/t33-,34-/m0/s1. The Hall–Kier alpha value is -4.86. The number of nitrogens with zero attached hydrogens (tertiary/aromatic N) is 2. The van der Waals surface area contributed by atoms with Crippen LogP contribution in [-0.2, 0) is 20.8 Å². The first kappa shape index (κ1) is 35.4. The summed E-state index contributed by atoms with van der Waals surface area (Å²) in [6, 6.07) is 22.1. The fourth-order valence-corrected chi connectivity index (χ4v) is 6.62. The molecule has 5 rings (SSSR count). The molecular weight excluding hydrogens is 620 g/mol. The molecule has 2 aliphatic rings. The molecule has 1 saturated heterocycles. The van der Waals surface area contributed by atoms with Crippen molar-refractivity contribution in [1.29, 1.82) is 0 Å². The molecule has 0 saturated carbocycles. The molecule has 0 aromatic heterocycles. The van der Waals surface area contributed by atoms with E-state index in [4.69, 9.17) is 4.74 Å². The van der Waals surface area contributed by atoms with Crippen LogP contribution in [0.5, 0.6) is 11.5 Å². The molecule has 0 bridgehead atoms. The van der Waals surface area contributed by atoms with Gasteiger partial charge in [-0.3, -0.25) is 19.2 Å². The Morgan fingerprint density at radius 3 is 2.27 bits per heavy atom. The molecule has 49 heavy (non-hydrogen) atoms. The van der Waals surface area contributed by atoms with Gasteiger partial charge in [0.25, 0.3) is 5.91 Å². The number of nitrogens with one attached hydrogen (secondary N) is 2. The Bertz CT molecular complexity index is 1560. The number of ether oxygens (including phenoxy) is 1. The predicted octanol–water partition coefficient (Wildman–Crippen LogP) is 4.82. The van der Waals surface area contributed by atoms with Crippen molar-refractivity contribution in [3.8, 4) is 11.5 Å². The number of carbonyl (C=O) groups is 4. The second-order valence-electron chi connectivity index (χ2n) is 13.1. The second-order valence-corrected chi connectivity index (χ2v) is 13.1. The molecule has 260 valence electrons. The number of piperidine rings is 1. The molecule has 3 aromatic carbocycles. The van der Waals surface area contributed by atoms with E-state index in [9.17, 15) is 24.3 Å². The summed E-state index contributed by atoms with van der Waals surface area (Å²) in [6.45, 7) is 2.07. The number of hydrogen-bond donors (Lipinski definition) is 3. The molecule has 2 atom stereocenters. The summed E-state index contributed by atoms with van der Waals surface area (Å²) in [6.07, 6.45) is 5.22. The number of rotatable bonds is 4. The number of hydrogen-bond acceptors (Lipinski definition) is 6. The van der Waals surface area contributed by atoms with E-state index in [0.29, 0.717) is 43.5 Å². The largest absolute Gasteiger partial charge is 0.508 e. The minimum atomic E-state index is -0.949. The minimum Gasteiger partial charge on any atom is -0.508 e. The normalized spacial score (nSPS) is 20.9. The Balaban J connectivity index is 1.34. The highest BCUT2D eigenvalue weighted by atomic mass is 16.5. The van der Waals surface area contributed by atoms with E-state index in [2.05, 4.69) is 22.8 Å². The monoisotopic (exact) mass is 668 g/mol. The summed E-state index contributed by atoms with van der Waals surface area (Å²) in [4.78, 5) is 58.2. The van der Waals surface area contributed by atoms with Crippen LogP contribution in [0.3, 0.4) is 0 Å². The van der Waals surface area contributed by atoms with Crippen LogP contribution in [0.1, 0.15) is 78.8 Å². The number of carbonyl (C=O) groups excluding carboxylic acids is 4. The van der Waals surface area contributed by atoms with Gasteiger partial charge in [0.1, 0.15) is 23.6 Å². The topological polar surface area (TPSA) is 128 Å². The van der Waals surface area contributed by atoms with Gasteiger partial charge in [0.15, 0.2) is 0 Å². The number of likely N-dealkylation sites (tertiary alicyclic amines) is 1. The van der Waals surface area contributed by atoms with E-state index in [1.54, 1.807) is 59.3 Å². The van der Waals surface area contributed by atoms with E-state index in [1.165, 1.54) is 5.56 Å². The van der Waals surface area contributed by atoms with Crippen molar-refractivity contribution in [2.75, 3.05) is 33.3 Å². The SMILES string of the molecule is CN1CCCCCCOc2ccccc2C(=O)N[C@H](C(=O)N2CCC(c3ccccc3)CC2)CCC(=O)N[C@@H](Cc2ccc(O)cc2)C1=O. The second kappa shape index (κ2) is 17.5. The maximum absolute atomic E-state index is 14.0. The number of amides is 4. The lowest BCUT2D eigenvalue weighted by Gasteiger charge is -2.34. The summed E-state index contributed by atoms with van der Waals surface area (Å²) >= 11 is 0. The minimum absolute atomic E-state index is 0.0635. The molecule has 2 heterocycles. The summed E-state index contributed by atoms with van der Waals surface area (Å²) < 4.78 is 6.02. The van der Waals surface area contributed by atoms with Crippen molar-refractivity contribution in [3.63, 3.8) is 0 Å². The molecule has 10 nitrogen and oxygen atoms in total. The molecule has 0 aliphatic carbocycles. The molecule has 0 spiro atoms. The molecule has 1 fully saturated rings. The average Bonchev–Trinajstić information content (AvgIpc) is 3.13. The van der Waals surface area contributed by atoms with Crippen molar-refractivity contribution >= 4 is 23.6 Å². The maximum Gasteiger partial charge on any atom is 0.255 e. The number of benzene rings is 3. The van der Waals surface area contributed by atoms with Gasteiger partial charge in [-0.15, -0.1) is 0 Å². The molecule has 10 heteroatoms. The number of fused-ring (bicyclic) bond motifs is 1. The quantitative estimate of drug-likeness (QED) is 0.366. The van der Waals surface area contributed by atoms with Gasteiger partial charge < -0.3 is 30.3 Å². The zero-order chi connectivity index (χ0) is 34.6. The van der Waals surface area contributed by atoms with Gasteiger partial charge >= 0.3 is 0 Å². The lowest BCUT2D eigenvalue weighted by atomic mass is 9.89. The van der Waals surface area contributed by atoms with Gasteiger partial charge in [-0.25, -0.2) is 0 Å². The first-order valence-corrected chi connectivity index (χ1v) is 17.5. The Morgan fingerprint density at radius 2 is 1.51 bits per heavy atom. The van der Waals surface area contributed by atoms with Crippen molar-refractivity contribution in [2.45, 2.75) is 75.8 Å². The zero-order valence-electron chi connectivity index (χ0n) is 28.3. The van der Waals surface area contributed by atoms with E-state index >= 15 is 0 Å². The zero-order valence-corrected chi connectivity index (χ0v) is 28.3. The van der Waals surface area contributed by atoms with Crippen LogP contribution in [0.15, 0.2) is 78.9 Å². The van der Waals surface area contributed by atoms with Crippen molar-refractivity contribution in [2.24, 2.45) is 0 Å². The van der Waals surface area contributed by atoms with Gasteiger partial charge in [-0.05, 0) is 73.4 Å². The number of aromatic hydroxyl groups is 1. The Labute approximate surface area is 288 Å². The molecule has 0 radical (unpaired) electrons. The third kappa shape index (κ3) is 10.1. The number of likely N-dealkylation sites (N-methyl/N-ethyl adjacent to an activating group) is 1. The maximum atomic E-state index is 14.0. The highest BCUT2D eigenvalue weighted by molar-refractivity contribution is 6.00. The molecular formula is C39H48N4O6. The molecule has 2 aliphatic heterocycles. The third-order valence-corrected chi connectivity index (χ3v) is 9.50. The van der Waals surface area contributed by atoms with E-state index in [1.807, 2.05) is 24.3 Å². The van der Waals surface area contributed by atoms with Gasteiger partial charge in [-0.1, -0.05) is 67.4 Å². The fraction of sp³-hybridized carbons (Fsp3) is 0.436. The highest BCUT2D eigenvalue weighted by Gasteiger charge is 2.32. The van der Waals surface area contributed by atoms with Crippen LogP contribution in [0.25, 0.3) is 0 Å². The van der Waals surface area contributed by atoms with Gasteiger partial charge in [0, 0.05) is 39.5 Å². The van der Waals surface area contributed by atoms with Crippen molar-refractivity contribution < 1.29 is 29.0 Å². The summed E-state index contributed by atoms with van der Waals surface area (Å²) in [5.74, 6) is -0.339. The van der Waals surface area contributed by atoms with Crippen LogP contribution >= 0.6 is 0 Å². The summed E-state index contributed by atoms with van der Waals surface area (Å²) in [5.41, 5.74) is 2.39. The smallest absolute Gasteiger partial charge is 0.255 e. The lowest BCUT2D eigenvalue weighted by Crippen LogP contribution is -2.52. The number of para-hydroxylation sites is 1. The summed E-state index contributed by atoms with van der Waals surface area (Å²) in [7, 11) is 1.74. The number of phenols is 1. The van der Waals surface area contributed by atoms with Crippen LogP contribution < -0.4 is 15.4 Å². The van der Waals surface area contributed by atoms with Crippen LogP contribution in [-0.4, -0.2) is 83.9 Å². The molecule has 0 unspecified atom stereocenters. The van der Waals surface area contributed by atoms with Crippen molar-refractivity contribution in [3.05, 3.63) is 95.6 Å².